The number of aliphatic hydroxyl groups excluding tert-OH is 6. The smallest absolute Gasteiger partial charge is 0.199 e. The maximum absolute atomic E-state index is 12.8. The minimum Gasteiger partial charge on any atom is -0.508 e. The summed E-state index contributed by atoms with van der Waals surface area (Å²) in [5.74, 6) is -4.44. The number of aromatic hydroxyl groups is 1. The van der Waals surface area contributed by atoms with Crippen LogP contribution in [0.2, 0.25) is 0 Å². The molecule has 3 rings (SSSR count). The van der Waals surface area contributed by atoms with Crippen LogP contribution in [0.15, 0.2) is 41.7 Å². The van der Waals surface area contributed by atoms with E-state index >= 15 is 0 Å². The quantitative estimate of drug-likeness (QED) is 0.166. The summed E-state index contributed by atoms with van der Waals surface area (Å²) in [5, 5.41) is 69.0. The molecule has 1 heterocycles. The van der Waals surface area contributed by atoms with Gasteiger partial charge in [-0.15, -0.1) is 0 Å². The van der Waals surface area contributed by atoms with Gasteiger partial charge in [0.05, 0.1) is 18.6 Å². The van der Waals surface area contributed by atoms with Crippen molar-refractivity contribution in [1.29, 1.82) is 0 Å². The molecule has 10 heteroatoms. The summed E-state index contributed by atoms with van der Waals surface area (Å²) in [5.41, 5.74) is -0.150. The van der Waals surface area contributed by atoms with Crippen molar-refractivity contribution < 1.29 is 50.1 Å². The van der Waals surface area contributed by atoms with Crippen LogP contribution in [0.4, 0.5) is 0 Å². The first kappa shape index (κ1) is 22.1. The number of hydrogen-bond donors (Lipinski definition) is 7. The first-order chi connectivity index (χ1) is 14.2. The summed E-state index contributed by atoms with van der Waals surface area (Å²) < 4.78 is 5.28. The lowest BCUT2D eigenvalue weighted by molar-refractivity contribution is -0.243. The molecule has 7 N–H and O–H groups in total. The summed E-state index contributed by atoms with van der Waals surface area (Å²) in [6.07, 6.45) is -7.71. The van der Waals surface area contributed by atoms with Gasteiger partial charge in [-0.2, -0.15) is 0 Å². The molecule has 1 aliphatic carbocycles. The minimum atomic E-state index is -1.96. The van der Waals surface area contributed by atoms with E-state index in [9.17, 15) is 45.3 Å². The number of rotatable bonds is 4. The van der Waals surface area contributed by atoms with Crippen LogP contribution < -0.4 is 0 Å². The van der Waals surface area contributed by atoms with Crippen molar-refractivity contribution in [3.63, 3.8) is 0 Å². The number of ketones is 2. The van der Waals surface area contributed by atoms with Crippen molar-refractivity contribution in [2.45, 2.75) is 36.6 Å². The number of carbonyl (C=O) groups excluding carboxylic acids is 2. The molecule has 0 bridgehead atoms. The van der Waals surface area contributed by atoms with Gasteiger partial charge in [0.2, 0.25) is 0 Å². The van der Waals surface area contributed by atoms with Gasteiger partial charge >= 0.3 is 0 Å². The zero-order valence-corrected chi connectivity index (χ0v) is 15.6. The molecule has 10 nitrogen and oxygen atoms in total. The van der Waals surface area contributed by atoms with Crippen LogP contribution in [-0.4, -0.2) is 90.5 Å². The van der Waals surface area contributed by atoms with Crippen LogP contribution in [0.5, 0.6) is 5.75 Å². The van der Waals surface area contributed by atoms with Gasteiger partial charge in [-0.1, -0.05) is 18.2 Å². The minimum absolute atomic E-state index is 0.0290. The highest BCUT2D eigenvalue weighted by Gasteiger charge is 2.56. The Kier molecular flexibility index (Phi) is 6.36. The molecule has 1 aliphatic heterocycles. The normalized spacial score (nSPS) is 36.5. The molecule has 3 unspecified atom stereocenters. The highest BCUT2D eigenvalue weighted by Crippen LogP contribution is 2.35. The van der Waals surface area contributed by atoms with Crippen molar-refractivity contribution in [2.24, 2.45) is 5.92 Å². The SMILES string of the molecule is O=C1C(=C(O)C=Cc2ccc(O)cc2)C(=O)C(C2O[C@H](CO)[C@@H](O)[C@H](O)[C@H]2O)C1O. The largest absolute Gasteiger partial charge is 0.508 e. The van der Waals surface area contributed by atoms with Crippen molar-refractivity contribution in [3.05, 3.63) is 47.2 Å². The summed E-state index contributed by atoms with van der Waals surface area (Å²) in [4.78, 5) is 25.2. The van der Waals surface area contributed by atoms with Crippen LogP contribution in [0.3, 0.4) is 0 Å². The lowest BCUT2D eigenvalue weighted by Crippen LogP contribution is -2.62. The molecule has 2 aliphatic rings. The topological polar surface area (TPSA) is 185 Å². The molecule has 1 saturated carbocycles. The summed E-state index contributed by atoms with van der Waals surface area (Å²) in [6, 6.07) is 5.84. The van der Waals surface area contributed by atoms with E-state index in [0.29, 0.717) is 5.56 Å². The van der Waals surface area contributed by atoms with Gasteiger partial charge < -0.3 is 40.5 Å². The van der Waals surface area contributed by atoms with Gasteiger partial charge in [-0.3, -0.25) is 9.59 Å². The average molecular weight is 422 g/mol. The van der Waals surface area contributed by atoms with E-state index in [2.05, 4.69) is 0 Å². The average Bonchev–Trinajstić information content (AvgIpc) is 2.95. The Labute approximate surface area is 170 Å². The van der Waals surface area contributed by atoms with Crippen LogP contribution in [0, 0.1) is 5.92 Å². The monoisotopic (exact) mass is 422 g/mol. The Bertz CT molecular complexity index is 872. The molecule has 1 aromatic rings. The van der Waals surface area contributed by atoms with E-state index in [0.717, 1.165) is 6.08 Å². The maximum Gasteiger partial charge on any atom is 0.199 e. The summed E-state index contributed by atoms with van der Waals surface area (Å²) >= 11 is 0. The molecule has 30 heavy (non-hydrogen) atoms. The second-order valence-electron chi connectivity index (χ2n) is 7.18. The van der Waals surface area contributed by atoms with Gasteiger partial charge in [0, 0.05) is 0 Å². The second-order valence-corrected chi connectivity index (χ2v) is 7.18. The predicted molar refractivity (Wildman–Crippen MR) is 100 cm³/mol. The molecule has 1 saturated heterocycles. The fourth-order valence-electron chi connectivity index (χ4n) is 3.59. The lowest BCUT2D eigenvalue weighted by atomic mass is 9.85. The number of carbonyl (C=O) groups is 2. The van der Waals surface area contributed by atoms with E-state index in [1.807, 2.05) is 0 Å². The first-order valence-corrected chi connectivity index (χ1v) is 9.14. The number of hydrogen-bond acceptors (Lipinski definition) is 10. The number of aliphatic hydroxyl groups is 6. The molecule has 2 fully saturated rings. The third kappa shape index (κ3) is 3.88. The predicted octanol–water partition coefficient (Wildman–Crippen LogP) is -1.81. The Morgan fingerprint density at radius 2 is 1.60 bits per heavy atom. The van der Waals surface area contributed by atoms with Crippen molar-refractivity contribution in [2.75, 3.05) is 6.61 Å². The van der Waals surface area contributed by atoms with Crippen molar-refractivity contribution in [1.82, 2.24) is 0 Å². The number of benzene rings is 1. The first-order valence-electron chi connectivity index (χ1n) is 9.14. The van der Waals surface area contributed by atoms with Crippen LogP contribution in [0.1, 0.15) is 5.56 Å². The van der Waals surface area contributed by atoms with Crippen LogP contribution in [-0.2, 0) is 14.3 Å². The summed E-state index contributed by atoms with van der Waals surface area (Å²) in [6.45, 7) is -0.740. The van der Waals surface area contributed by atoms with Gasteiger partial charge in [-0.05, 0) is 23.8 Å². The maximum atomic E-state index is 12.8. The number of allylic oxidation sites excluding steroid dienone is 1. The zero-order chi connectivity index (χ0) is 22.2. The van der Waals surface area contributed by atoms with E-state index in [1.54, 1.807) is 0 Å². The number of phenols is 1. The lowest BCUT2D eigenvalue weighted by Gasteiger charge is -2.42. The van der Waals surface area contributed by atoms with E-state index in [1.165, 1.54) is 30.3 Å². The second kappa shape index (κ2) is 8.64. The number of phenolic OH excluding ortho intramolecular Hbond substituents is 1. The third-order valence-corrected chi connectivity index (χ3v) is 5.27. The number of Topliss-reactive ketones (excluding diaryl/α,β-unsaturated/α-hetero) is 2. The van der Waals surface area contributed by atoms with E-state index in [-0.39, 0.29) is 5.75 Å². The summed E-state index contributed by atoms with van der Waals surface area (Å²) in [7, 11) is 0. The molecule has 0 radical (unpaired) electrons. The third-order valence-electron chi connectivity index (χ3n) is 5.27. The molecular weight excluding hydrogens is 400 g/mol. The van der Waals surface area contributed by atoms with E-state index < -0.39 is 72.0 Å². The zero-order valence-electron chi connectivity index (χ0n) is 15.6. The number of ether oxygens (including phenoxy) is 1. The van der Waals surface area contributed by atoms with Gasteiger partial charge in [0.25, 0.3) is 0 Å². The molecular formula is C20H22O10. The van der Waals surface area contributed by atoms with Crippen molar-refractivity contribution in [3.8, 4) is 5.75 Å². The van der Waals surface area contributed by atoms with Gasteiger partial charge in [-0.25, -0.2) is 0 Å². The fourth-order valence-corrected chi connectivity index (χ4v) is 3.59. The highest BCUT2D eigenvalue weighted by molar-refractivity contribution is 6.29. The Morgan fingerprint density at radius 3 is 2.20 bits per heavy atom. The standard InChI is InChI=1S/C20H22O10/c21-7-11-14(24)18(28)19(29)20(30-11)13-15(25)12(16(26)17(13)27)10(23)6-3-8-1-4-9(22)5-2-8/h1-6,11,13-14,17-24,27-29H,7H2/t11-,13?,14-,17?,18+,19-,20?/m1/s1. The molecule has 7 atom stereocenters. The fraction of sp³-hybridized carbons (Fsp3) is 0.400. The Balaban J connectivity index is 1.89. The molecule has 0 spiro atoms. The molecule has 1 aromatic carbocycles. The van der Waals surface area contributed by atoms with E-state index in [4.69, 9.17) is 4.74 Å². The molecule has 0 amide bonds. The van der Waals surface area contributed by atoms with Crippen LogP contribution in [0.25, 0.3) is 6.08 Å². The van der Waals surface area contributed by atoms with Crippen molar-refractivity contribution >= 4 is 17.6 Å². The highest BCUT2D eigenvalue weighted by atomic mass is 16.5. The van der Waals surface area contributed by atoms with Gasteiger partial charge in [0.15, 0.2) is 11.6 Å². The molecule has 0 aromatic heterocycles. The van der Waals surface area contributed by atoms with Gasteiger partial charge in [0.1, 0.15) is 47.6 Å². The Morgan fingerprint density at radius 1 is 0.967 bits per heavy atom. The molecule has 162 valence electrons. The van der Waals surface area contributed by atoms with Crippen LogP contribution >= 0.6 is 0 Å². The Hall–Kier alpha value is -2.60.